The highest BCUT2D eigenvalue weighted by Crippen LogP contribution is 2.50. The van der Waals surface area contributed by atoms with Crippen molar-refractivity contribution >= 4 is 28.5 Å². The molecule has 0 fully saturated rings. The van der Waals surface area contributed by atoms with Crippen LogP contribution in [0.2, 0.25) is 5.02 Å². The number of benzene rings is 2. The third kappa shape index (κ3) is 4.12. The molecular weight excluding hydrogens is 404 g/mol. The lowest BCUT2D eigenvalue weighted by Crippen LogP contribution is -2.57. The zero-order valence-electron chi connectivity index (χ0n) is 16.6. The van der Waals surface area contributed by atoms with Crippen LogP contribution in [0.4, 0.5) is 0 Å². The molecule has 2 aliphatic rings. The number of nitrogens with zero attached hydrogens (tertiary/aromatic N) is 1. The van der Waals surface area contributed by atoms with Gasteiger partial charge in [-0.25, -0.2) is 4.99 Å². The number of thioether (sulfide) groups is 1. The first-order chi connectivity index (χ1) is 13.8. The fourth-order valence-electron chi connectivity index (χ4n) is 4.24. The van der Waals surface area contributed by atoms with Crippen molar-refractivity contribution in [1.82, 2.24) is 5.32 Å². The predicted molar refractivity (Wildman–Crippen MR) is 121 cm³/mol. The first-order valence-electron chi connectivity index (χ1n) is 9.69. The van der Waals surface area contributed by atoms with E-state index in [1.54, 1.807) is 17.8 Å². The standard InChI is InChI=1S/C23H25ClN2O2S/c1-4-10-29-21-25-22(2,3)14-23(26-21)13-17(15-8-6-5-7-9-15)16-11-18(24)19(27)12-20(16)28-23/h4-9,11-12,17,27H,1,10,13-14H2,2-3H3,(H,25,26)/t17-,23+/m1/s1. The molecule has 2 atom stereocenters. The lowest BCUT2D eigenvalue weighted by molar-refractivity contribution is 0.0134. The highest BCUT2D eigenvalue weighted by atomic mass is 35.5. The molecule has 0 saturated heterocycles. The topological polar surface area (TPSA) is 53.9 Å². The summed E-state index contributed by atoms with van der Waals surface area (Å²) < 4.78 is 6.51. The molecule has 0 radical (unpaired) electrons. The van der Waals surface area contributed by atoms with Crippen molar-refractivity contribution < 1.29 is 9.84 Å². The van der Waals surface area contributed by atoms with Crippen molar-refractivity contribution in [3.8, 4) is 11.5 Å². The number of halogens is 1. The molecule has 2 aliphatic heterocycles. The maximum atomic E-state index is 10.2. The van der Waals surface area contributed by atoms with E-state index in [1.807, 2.05) is 30.3 Å². The van der Waals surface area contributed by atoms with Gasteiger partial charge in [-0.2, -0.15) is 0 Å². The Morgan fingerprint density at radius 2 is 2.10 bits per heavy atom. The van der Waals surface area contributed by atoms with Crippen LogP contribution in [0.1, 0.15) is 43.7 Å². The quantitative estimate of drug-likeness (QED) is 0.615. The monoisotopic (exact) mass is 428 g/mol. The lowest BCUT2D eigenvalue weighted by atomic mass is 9.78. The second-order valence-electron chi connectivity index (χ2n) is 8.26. The van der Waals surface area contributed by atoms with Crippen LogP contribution >= 0.6 is 23.4 Å². The molecule has 0 aromatic heterocycles. The number of aliphatic imine (C=N–C) groups is 1. The zero-order chi connectivity index (χ0) is 20.6. The van der Waals surface area contributed by atoms with Crippen molar-refractivity contribution in [2.24, 2.45) is 4.99 Å². The molecule has 4 nitrogen and oxygen atoms in total. The smallest absolute Gasteiger partial charge is 0.206 e. The Hall–Kier alpha value is -2.11. The molecule has 2 N–H and O–H groups in total. The summed E-state index contributed by atoms with van der Waals surface area (Å²) in [7, 11) is 0. The Morgan fingerprint density at radius 3 is 2.83 bits per heavy atom. The predicted octanol–water partition coefficient (Wildman–Crippen LogP) is 5.70. The second kappa shape index (κ2) is 7.62. The largest absolute Gasteiger partial charge is 0.506 e. The SMILES string of the molecule is C=CCSC1=N[C@]2(C[C@H](c3ccccc3)c3cc(Cl)c(O)cc3O2)CC(C)(C)N1. The van der Waals surface area contributed by atoms with Gasteiger partial charge in [0.25, 0.3) is 0 Å². The minimum absolute atomic E-state index is 0.0210. The number of hydrogen-bond acceptors (Lipinski definition) is 5. The van der Waals surface area contributed by atoms with E-state index in [-0.39, 0.29) is 17.2 Å². The van der Waals surface area contributed by atoms with Crippen molar-refractivity contribution in [1.29, 1.82) is 0 Å². The highest BCUT2D eigenvalue weighted by molar-refractivity contribution is 8.13. The maximum absolute atomic E-state index is 10.2. The minimum Gasteiger partial charge on any atom is -0.506 e. The molecule has 6 heteroatoms. The third-order valence-corrected chi connectivity index (χ3v) is 6.46. The summed E-state index contributed by atoms with van der Waals surface area (Å²) in [6, 6.07) is 13.8. The second-order valence-corrected chi connectivity index (χ2v) is 9.68. The summed E-state index contributed by atoms with van der Waals surface area (Å²) in [5.41, 5.74) is 1.27. The van der Waals surface area contributed by atoms with Crippen LogP contribution in [-0.4, -0.2) is 27.3 Å². The Balaban J connectivity index is 1.83. The fourth-order valence-corrected chi connectivity index (χ4v) is 5.26. The van der Waals surface area contributed by atoms with Gasteiger partial charge in [0.2, 0.25) is 5.72 Å². The number of rotatable bonds is 3. The van der Waals surface area contributed by atoms with Crippen molar-refractivity contribution in [2.45, 2.75) is 43.9 Å². The number of fused-ring (bicyclic) bond motifs is 1. The molecule has 2 heterocycles. The molecule has 0 bridgehead atoms. The molecular formula is C23H25ClN2O2S. The third-order valence-electron chi connectivity index (χ3n) is 5.29. The molecule has 29 heavy (non-hydrogen) atoms. The highest BCUT2D eigenvalue weighted by Gasteiger charge is 2.48. The van der Waals surface area contributed by atoms with Crippen LogP contribution in [0.3, 0.4) is 0 Å². The van der Waals surface area contributed by atoms with Gasteiger partial charge in [0.15, 0.2) is 5.17 Å². The van der Waals surface area contributed by atoms with Gasteiger partial charge in [0.05, 0.1) is 5.02 Å². The van der Waals surface area contributed by atoms with Gasteiger partial charge in [0, 0.05) is 41.7 Å². The fraction of sp³-hybridized carbons (Fsp3) is 0.348. The van der Waals surface area contributed by atoms with Crippen molar-refractivity contribution in [3.63, 3.8) is 0 Å². The number of phenolic OH excluding ortho intramolecular Hbond substituents is 1. The first kappa shape index (κ1) is 20.2. The van der Waals surface area contributed by atoms with Crippen molar-refractivity contribution in [2.75, 3.05) is 5.75 Å². The molecule has 2 aromatic carbocycles. The van der Waals surface area contributed by atoms with Crippen LogP contribution in [0.15, 0.2) is 60.1 Å². The van der Waals surface area contributed by atoms with Crippen LogP contribution in [0.5, 0.6) is 11.5 Å². The summed E-state index contributed by atoms with van der Waals surface area (Å²) >= 11 is 7.87. The molecule has 152 valence electrons. The Morgan fingerprint density at radius 1 is 1.34 bits per heavy atom. The first-order valence-corrected chi connectivity index (χ1v) is 11.1. The molecule has 2 aromatic rings. The van der Waals surface area contributed by atoms with E-state index >= 15 is 0 Å². The van der Waals surface area contributed by atoms with Crippen LogP contribution in [0, 0.1) is 0 Å². The summed E-state index contributed by atoms with van der Waals surface area (Å²) in [6.07, 6.45) is 3.28. The molecule has 0 unspecified atom stereocenters. The summed E-state index contributed by atoms with van der Waals surface area (Å²) in [6.45, 7) is 8.13. The van der Waals surface area contributed by atoms with Gasteiger partial charge < -0.3 is 15.2 Å². The van der Waals surface area contributed by atoms with Crippen LogP contribution < -0.4 is 10.1 Å². The van der Waals surface area contributed by atoms with Gasteiger partial charge >= 0.3 is 0 Å². The van der Waals surface area contributed by atoms with Crippen LogP contribution in [-0.2, 0) is 0 Å². The average Bonchev–Trinajstić information content (AvgIpc) is 2.66. The number of ether oxygens (including phenoxy) is 1. The molecule has 4 rings (SSSR count). The Bertz CT molecular complexity index is 961. The lowest BCUT2D eigenvalue weighted by Gasteiger charge is -2.47. The van der Waals surface area contributed by atoms with Gasteiger partial charge in [-0.1, -0.05) is 59.8 Å². The van der Waals surface area contributed by atoms with E-state index in [1.165, 1.54) is 5.56 Å². The van der Waals surface area contributed by atoms with E-state index in [0.717, 1.165) is 16.5 Å². The Labute approximate surface area is 181 Å². The van der Waals surface area contributed by atoms with Gasteiger partial charge in [-0.15, -0.1) is 6.58 Å². The van der Waals surface area contributed by atoms with Gasteiger partial charge in [0.1, 0.15) is 11.5 Å². The van der Waals surface area contributed by atoms with E-state index < -0.39 is 5.72 Å². The van der Waals surface area contributed by atoms with E-state index in [9.17, 15) is 5.11 Å². The maximum Gasteiger partial charge on any atom is 0.206 e. The van der Waals surface area contributed by atoms with Crippen molar-refractivity contribution in [3.05, 3.63) is 71.3 Å². The van der Waals surface area contributed by atoms with E-state index in [2.05, 4.69) is 37.9 Å². The molecule has 0 amide bonds. The van der Waals surface area contributed by atoms with E-state index in [4.69, 9.17) is 21.3 Å². The summed E-state index contributed by atoms with van der Waals surface area (Å²) in [5.74, 6) is 1.50. The summed E-state index contributed by atoms with van der Waals surface area (Å²) in [4.78, 5) is 5.02. The minimum atomic E-state index is -0.716. The number of phenols is 1. The molecule has 0 saturated carbocycles. The number of hydrogen-bond donors (Lipinski definition) is 2. The normalized spacial score (nSPS) is 24.8. The number of nitrogens with one attached hydrogen (secondary N) is 1. The number of aromatic hydroxyl groups is 1. The average molecular weight is 429 g/mol. The van der Waals surface area contributed by atoms with Gasteiger partial charge in [-0.05, 0) is 25.5 Å². The molecule has 0 aliphatic carbocycles. The van der Waals surface area contributed by atoms with E-state index in [0.29, 0.717) is 23.6 Å². The summed E-state index contributed by atoms with van der Waals surface area (Å²) in [5, 5.41) is 14.9. The van der Waals surface area contributed by atoms with Gasteiger partial charge in [-0.3, -0.25) is 0 Å². The Kier molecular flexibility index (Phi) is 5.30. The zero-order valence-corrected chi connectivity index (χ0v) is 18.2. The number of amidine groups is 1. The van der Waals surface area contributed by atoms with Crippen LogP contribution in [0.25, 0.3) is 0 Å². The molecule has 1 spiro atoms.